The summed E-state index contributed by atoms with van der Waals surface area (Å²) in [5, 5.41) is 79.8. The van der Waals surface area contributed by atoms with Crippen LogP contribution in [0.2, 0.25) is 0 Å². The Balaban J connectivity index is 1.91. The fraction of sp³-hybridized carbons (Fsp3) is 0.750. The van der Waals surface area contributed by atoms with Crippen LogP contribution in [0.15, 0.2) is 47.6 Å². The molecule has 2 rings (SSSR count). The molecule has 2 saturated heterocycles. The predicted molar refractivity (Wildman–Crippen MR) is 162 cm³/mol. The van der Waals surface area contributed by atoms with Gasteiger partial charge >= 0.3 is 0 Å². The molecule has 2 heterocycles. The van der Waals surface area contributed by atoms with E-state index in [4.69, 9.17) is 18.9 Å². The van der Waals surface area contributed by atoms with Crippen LogP contribution in [0.3, 0.4) is 0 Å². The molecule has 0 spiro atoms. The summed E-state index contributed by atoms with van der Waals surface area (Å²) in [7, 11) is 0. The Labute approximate surface area is 260 Å². The Hall–Kier alpha value is -1.52. The molecule has 8 N–H and O–H groups in total. The van der Waals surface area contributed by atoms with Crippen LogP contribution in [-0.4, -0.2) is 127 Å². The van der Waals surface area contributed by atoms with Crippen LogP contribution in [0.25, 0.3) is 0 Å². The van der Waals surface area contributed by atoms with Crippen molar-refractivity contribution < 1.29 is 59.8 Å². The van der Waals surface area contributed by atoms with Crippen molar-refractivity contribution >= 4 is 0 Å². The first kappa shape index (κ1) is 38.7. The van der Waals surface area contributed by atoms with Crippen molar-refractivity contribution in [2.24, 2.45) is 0 Å². The highest BCUT2D eigenvalue weighted by Gasteiger charge is 2.46. The Morgan fingerprint density at radius 2 is 1.30 bits per heavy atom. The summed E-state index contributed by atoms with van der Waals surface area (Å²) in [6.45, 7) is 12.4. The minimum absolute atomic E-state index is 0.463. The lowest BCUT2D eigenvalue weighted by Crippen LogP contribution is -2.60. The van der Waals surface area contributed by atoms with Crippen LogP contribution < -0.4 is 0 Å². The zero-order valence-corrected chi connectivity index (χ0v) is 26.5. The zero-order valence-electron chi connectivity index (χ0n) is 26.5. The molecule has 0 aromatic heterocycles. The van der Waals surface area contributed by atoms with E-state index in [1.807, 2.05) is 33.8 Å². The maximum Gasteiger partial charge on any atom is 0.187 e. The van der Waals surface area contributed by atoms with Gasteiger partial charge in [-0.15, -0.1) is 6.58 Å². The molecule has 12 atom stereocenters. The molecule has 2 aliphatic heterocycles. The maximum absolute atomic E-state index is 10.4. The molecule has 44 heavy (non-hydrogen) atoms. The van der Waals surface area contributed by atoms with Crippen molar-refractivity contribution in [3.63, 3.8) is 0 Å². The Bertz CT molecular complexity index is 974. The van der Waals surface area contributed by atoms with Crippen molar-refractivity contribution in [3.05, 3.63) is 47.6 Å². The highest BCUT2D eigenvalue weighted by molar-refractivity contribution is 5.09. The SMILES string of the molecule is C=C[C@](C)(CC/C=C(\C)CC/C=C(\C)C[C@H](C=C(C)C)O[C@@H]1O[C@H](CO)[C@@H](O)[C@H](O)[C@@H]1O)O[C@@H]1O[C@@H](CO)[C@@H](O)[C@H](O)[C@@H]1O. The lowest BCUT2D eigenvalue weighted by molar-refractivity contribution is -0.319. The number of hydrogen-bond donors (Lipinski definition) is 8. The van der Waals surface area contributed by atoms with Crippen LogP contribution in [0.1, 0.15) is 66.7 Å². The average Bonchev–Trinajstić information content (AvgIpc) is 2.97. The minimum Gasteiger partial charge on any atom is -0.394 e. The van der Waals surface area contributed by atoms with Gasteiger partial charge in [-0.25, -0.2) is 0 Å². The summed E-state index contributed by atoms with van der Waals surface area (Å²) in [5.41, 5.74) is 2.30. The second kappa shape index (κ2) is 18.0. The average molecular weight is 631 g/mol. The predicted octanol–water partition coefficient (Wildman–Crippen LogP) is 0.742. The lowest BCUT2D eigenvalue weighted by atomic mass is 9.96. The fourth-order valence-corrected chi connectivity index (χ4v) is 5.16. The molecule has 0 unspecified atom stereocenters. The van der Waals surface area contributed by atoms with Gasteiger partial charge in [-0.3, -0.25) is 0 Å². The third kappa shape index (κ3) is 11.1. The van der Waals surface area contributed by atoms with Gasteiger partial charge in [-0.1, -0.05) is 41.0 Å². The van der Waals surface area contributed by atoms with Gasteiger partial charge in [0.25, 0.3) is 0 Å². The first-order chi connectivity index (χ1) is 20.7. The molecule has 254 valence electrons. The fourth-order valence-electron chi connectivity index (χ4n) is 5.16. The summed E-state index contributed by atoms with van der Waals surface area (Å²) in [6.07, 6.45) is -2.97. The molecule has 0 bridgehead atoms. The summed E-state index contributed by atoms with van der Waals surface area (Å²) >= 11 is 0. The Kier molecular flexibility index (Phi) is 15.8. The largest absolute Gasteiger partial charge is 0.394 e. The normalized spacial score (nSPS) is 35.6. The van der Waals surface area contributed by atoms with E-state index < -0.39 is 86.3 Å². The molecule has 2 aliphatic rings. The van der Waals surface area contributed by atoms with Gasteiger partial charge in [-0.05, 0) is 66.7 Å². The van der Waals surface area contributed by atoms with Crippen LogP contribution in [0.5, 0.6) is 0 Å². The Morgan fingerprint density at radius 3 is 1.82 bits per heavy atom. The van der Waals surface area contributed by atoms with E-state index in [1.165, 1.54) is 0 Å². The molecule has 12 nitrogen and oxygen atoms in total. The van der Waals surface area contributed by atoms with Gasteiger partial charge in [0.15, 0.2) is 12.6 Å². The van der Waals surface area contributed by atoms with Gasteiger partial charge in [0, 0.05) is 0 Å². The second-order valence-electron chi connectivity index (χ2n) is 12.3. The van der Waals surface area contributed by atoms with E-state index in [0.29, 0.717) is 19.3 Å². The highest BCUT2D eigenvalue weighted by atomic mass is 16.7. The number of ether oxygens (including phenoxy) is 4. The number of aliphatic hydroxyl groups is 8. The van der Waals surface area contributed by atoms with Crippen molar-refractivity contribution in [1.29, 1.82) is 0 Å². The van der Waals surface area contributed by atoms with Gasteiger partial charge < -0.3 is 59.8 Å². The van der Waals surface area contributed by atoms with Gasteiger partial charge in [0.1, 0.15) is 48.8 Å². The van der Waals surface area contributed by atoms with Gasteiger partial charge in [0.05, 0.1) is 24.9 Å². The lowest BCUT2D eigenvalue weighted by Gasteiger charge is -2.42. The van der Waals surface area contributed by atoms with E-state index in [1.54, 1.807) is 13.0 Å². The number of rotatable bonds is 16. The van der Waals surface area contributed by atoms with Crippen LogP contribution in [0, 0.1) is 0 Å². The molecule has 0 aliphatic carbocycles. The van der Waals surface area contributed by atoms with Crippen LogP contribution in [0.4, 0.5) is 0 Å². The smallest absolute Gasteiger partial charge is 0.187 e. The van der Waals surface area contributed by atoms with Crippen LogP contribution in [-0.2, 0) is 18.9 Å². The molecule has 2 fully saturated rings. The number of allylic oxidation sites excluding steroid dienone is 4. The highest BCUT2D eigenvalue weighted by Crippen LogP contribution is 2.30. The molecule has 0 radical (unpaired) electrons. The van der Waals surface area contributed by atoms with Crippen molar-refractivity contribution in [3.8, 4) is 0 Å². The topological polar surface area (TPSA) is 199 Å². The van der Waals surface area contributed by atoms with E-state index in [0.717, 1.165) is 29.6 Å². The molecule has 0 saturated carbocycles. The quantitative estimate of drug-likeness (QED) is 0.112. The minimum atomic E-state index is -1.52. The maximum atomic E-state index is 10.4. The van der Waals surface area contributed by atoms with Crippen LogP contribution >= 0.6 is 0 Å². The summed E-state index contributed by atoms with van der Waals surface area (Å²) in [6, 6.07) is 0. The summed E-state index contributed by atoms with van der Waals surface area (Å²) < 4.78 is 22.9. The van der Waals surface area contributed by atoms with E-state index in [9.17, 15) is 40.9 Å². The standard InChI is InChI=1S/C32H54O12/c1-7-32(6,44-31-29(40)27(38)25(36)23(17-34)43-31)13-9-12-19(4)10-8-11-20(5)15-21(14-18(2)3)41-30-28(39)26(37)24(35)22(16-33)42-30/h7,11-12,14,21-31,33-40H,1,8-10,13,15-17H2,2-6H3/b19-12+,20-11+/t21-,22+,23-,24+,25+,26-,27-,28-,29-,30+,31-,32+/m0/s1. The first-order valence-electron chi connectivity index (χ1n) is 15.2. The van der Waals surface area contributed by atoms with E-state index in [-0.39, 0.29) is 0 Å². The molecule has 0 aromatic rings. The van der Waals surface area contributed by atoms with E-state index >= 15 is 0 Å². The molecular weight excluding hydrogens is 576 g/mol. The second-order valence-corrected chi connectivity index (χ2v) is 12.3. The number of aliphatic hydroxyl groups excluding tert-OH is 8. The summed E-state index contributed by atoms with van der Waals surface area (Å²) in [4.78, 5) is 0. The van der Waals surface area contributed by atoms with Crippen molar-refractivity contribution in [1.82, 2.24) is 0 Å². The zero-order chi connectivity index (χ0) is 33.2. The van der Waals surface area contributed by atoms with Gasteiger partial charge in [-0.2, -0.15) is 0 Å². The monoisotopic (exact) mass is 630 g/mol. The third-order valence-corrected chi connectivity index (χ3v) is 8.03. The number of hydrogen-bond acceptors (Lipinski definition) is 12. The van der Waals surface area contributed by atoms with Crippen molar-refractivity contribution in [2.75, 3.05) is 13.2 Å². The van der Waals surface area contributed by atoms with Crippen molar-refractivity contribution in [2.45, 2.75) is 140 Å². The van der Waals surface area contributed by atoms with Gasteiger partial charge in [0.2, 0.25) is 0 Å². The third-order valence-electron chi connectivity index (χ3n) is 8.03. The molecule has 0 amide bonds. The molecular formula is C32H54O12. The Morgan fingerprint density at radius 1 is 0.773 bits per heavy atom. The van der Waals surface area contributed by atoms with E-state index in [2.05, 4.69) is 18.7 Å². The first-order valence-corrected chi connectivity index (χ1v) is 15.2. The molecule has 0 aromatic carbocycles. The molecule has 12 heteroatoms. The summed E-state index contributed by atoms with van der Waals surface area (Å²) in [5.74, 6) is 0.